The van der Waals surface area contributed by atoms with Gasteiger partial charge in [0.25, 0.3) is 0 Å². The Hall–Kier alpha value is -1.52. The van der Waals surface area contributed by atoms with Crippen LogP contribution < -0.4 is 0 Å². The molecule has 1 saturated heterocycles. The molecule has 1 aromatic heterocycles. The summed E-state index contributed by atoms with van der Waals surface area (Å²) in [6.45, 7) is 4.87. The Kier molecular flexibility index (Phi) is 5.01. The minimum absolute atomic E-state index is 0.175. The minimum Gasteiger partial charge on any atom is -0.299 e. The molecule has 0 saturated carbocycles. The van der Waals surface area contributed by atoms with Crippen LogP contribution in [0, 0.1) is 12.8 Å². The Bertz CT molecular complexity index is 623. The van der Waals surface area contributed by atoms with Gasteiger partial charge in [0.15, 0.2) is 0 Å². The number of piperidine rings is 1. The van der Waals surface area contributed by atoms with Crippen molar-refractivity contribution in [2.24, 2.45) is 5.92 Å². The van der Waals surface area contributed by atoms with Crippen LogP contribution in [0.5, 0.6) is 0 Å². The first-order valence-electron chi connectivity index (χ1n) is 7.91. The molecule has 1 aliphatic heterocycles. The molecule has 2 heterocycles. The summed E-state index contributed by atoms with van der Waals surface area (Å²) in [5.74, 6) is 0.555. The van der Waals surface area contributed by atoms with Gasteiger partial charge in [-0.15, -0.1) is 11.3 Å². The zero-order valence-electron chi connectivity index (χ0n) is 13.0. The summed E-state index contributed by atoms with van der Waals surface area (Å²) in [7, 11) is 0. The number of ketones is 1. The highest BCUT2D eigenvalue weighted by Crippen LogP contribution is 2.21. The first-order valence-corrected chi connectivity index (χ1v) is 8.78. The van der Waals surface area contributed by atoms with Crippen molar-refractivity contribution in [2.75, 3.05) is 13.1 Å². The molecule has 4 heteroatoms. The highest BCUT2D eigenvalue weighted by atomic mass is 32.1. The van der Waals surface area contributed by atoms with Crippen LogP contribution >= 0.6 is 11.3 Å². The molecule has 3 rings (SSSR count). The average Bonchev–Trinajstić information content (AvgIpc) is 2.93. The Labute approximate surface area is 136 Å². The van der Waals surface area contributed by atoms with E-state index in [1.54, 1.807) is 11.3 Å². The average molecular weight is 314 g/mol. The summed E-state index contributed by atoms with van der Waals surface area (Å²) in [6.07, 6.45) is 2.70. The molecule has 0 N–H and O–H groups in total. The topological polar surface area (TPSA) is 33.2 Å². The maximum Gasteiger partial charge on any atom is 0.141 e. The van der Waals surface area contributed by atoms with Gasteiger partial charge in [-0.05, 0) is 31.9 Å². The smallest absolute Gasteiger partial charge is 0.141 e. The van der Waals surface area contributed by atoms with Gasteiger partial charge in [0.2, 0.25) is 0 Å². The fourth-order valence-electron chi connectivity index (χ4n) is 3.11. The summed E-state index contributed by atoms with van der Waals surface area (Å²) in [5.41, 5.74) is 2.26. The number of rotatable bonds is 5. The third-order valence-electron chi connectivity index (χ3n) is 4.23. The van der Waals surface area contributed by atoms with E-state index in [1.807, 2.05) is 37.3 Å². The third kappa shape index (κ3) is 4.02. The Morgan fingerprint density at radius 3 is 2.91 bits per heavy atom. The van der Waals surface area contributed by atoms with Gasteiger partial charge in [0, 0.05) is 30.8 Å². The molecular formula is C18H22N2OS. The van der Waals surface area contributed by atoms with Crippen LogP contribution in [-0.2, 0) is 17.8 Å². The van der Waals surface area contributed by atoms with Gasteiger partial charge in [-0.3, -0.25) is 9.69 Å². The predicted molar refractivity (Wildman–Crippen MR) is 90.0 cm³/mol. The van der Waals surface area contributed by atoms with Crippen LogP contribution in [0.4, 0.5) is 0 Å². The van der Waals surface area contributed by atoms with Crippen LogP contribution in [0.1, 0.15) is 29.1 Å². The molecular weight excluding hydrogens is 292 g/mol. The number of aromatic nitrogens is 1. The largest absolute Gasteiger partial charge is 0.299 e. The molecule has 0 radical (unpaired) electrons. The fourth-order valence-corrected chi connectivity index (χ4v) is 3.72. The standard InChI is InChI=1S/C18H22N2OS/c1-14-19-17(13-22-14)12-20-9-5-8-16(11-20)18(21)10-15-6-3-2-4-7-15/h2-4,6-7,13,16H,5,8-12H2,1H3. The summed E-state index contributed by atoms with van der Waals surface area (Å²) >= 11 is 1.70. The van der Waals surface area contributed by atoms with E-state index in [0.717, 1.165) is 48.7 Å². The van der Waals surface area contributed by atoms with Gasteiger partial charge < -0.3 is 0 Å². The lowest BCUT2D eigenvalue weighted by atomic mass is 9.90. The van der Waals surface area contributed by atoms with E-state index in [-0.39, 0.29) is 5.92 Å². The highest BCUT2D eigenvalue weighted by molar-refractivity contribution is 7.09. The molecule has 1 unspecified atom stereocenters. The molecule has 1 aliphatic rings. The monoisotopic (exact) mass is 314 g/mol. The normalized spacial score (nSPS) is 19.2. The Balaban J connectivity index is 1.57. The quantitative estimate of drug-likeness (QED) is 0.847. The van der Waals surface area contributed by atoms with Crippen molar-refractivity contribution >= 4 is 17.1 Å². The lowest BCUT2D eigenvalue weighted by Crippen LogP contribution is -2.38. The summed E-state index contributed by atoms with van der Waals surface area (Å²) in [5, 5.41) is 3.24. The van der Waals surface area contributed by atoms with Gasteiger partial charge in [0.05, 0.1) is 10.7 Å². The van der Waals surface area contributed by atoms with Crippen molar-refractivity contribution in [1.82, 2.24) is 9.88 Å². The Morgan fingerprint density at radius 2 is 2.18 bits per heavy atom. The molecule has 1 fully saturated rings. The molecule has 0 aliphatic carbocycles. The maximum absolute atomic E-state index is 12.5. The zero-order chi connectivity index (χ0) is 15.4. The van der Waals surface area contributed by atoms with Crippen LogP contribution in [0.15, 0.2) is 35.7 Å². The summed E-state index contributed by atoms with van der Waals surface area (Å²) in [6, 6.07) is 10.1. The Morgan fingerprint density at radius 1 is 1.36 bits per heavy atom. The van der Waals surface area contributed by atoms with E-state index >= 15 is 0 Å². The first kappa shape index (κ1) is 15.4. The first-order chi connectivity index (χ1) is 10.7. The number of hydrogen-bond donors (Lipinski definition) is 0. The number of Topliss-reactive ketones (excluding diaryl/α,β-unsaturated/α-hetero) is 1. The fraction of sp³-hybridized carbons (Fsp3) is 0.444. The molecule has 3 nitrogen and oxygen atoms in total. The van der Waals surface area contributed by atoms with Gasteiger partial charge in [-0.25, -0.2) is 4.98 Å². The number of carbonyl (C=O) groups is 1. The molecule has 0 bridgehead atoms. The molecule has 1 atom stereocenters. The molecule has 22 heavy (non-hydrogen) atoms. The van der Waals surface area contributed by atoms with E-state index in [1.165, 1.54) is 0 Å². The van der Waals surface area contributed by atoms with Crippen LogP contribution in [0.25, 0.3) is 0 Å². The maximum atomic E-state index is 12.5. The van der Waals surface area contributed by atoms with Crippen LogP contribution in [0.2, 0.25) is 0 Å². The van der Waals surface area contributed by atoms with E-state index in [0.29, 0.717) is 12.2 Å². The zero-order valence-corrected chi connectivity index (χ0v) is 13.8. The molecule has 0 amide bonds. The number of benzene rings is 1. The second-order valence-corrected chi connectivity index (χ2v) is 7.12. The lowest BCUT2D eigenvalue weighted by Gasteiger charge is -2.31. The van der Waals surface area contributed by atoms with Crippen molar-refractivity contribution in [3.8, 4) is 0 Å². The van der Waals surface area contributed by atoms with Crippen molar-refractivity contribution in [3.63, 3.8) is 0 Å². The summed E-state index contributed by atoms with van der Waals surface area (Å²) in [4.78, 5) is 19.4. The second kappa shape index (κ2) is 7.16. The van der Waals surface area contributed by atoms with Gasteiger partial charge in [-0.1, -0.05) is 30.3 Å². The van der Waals surface area contributed by atoms with E-state index in [4.69, 9.17) is 0 Å². The molecule has 1 aromatic carbocycles. The van der Waals surface area contributed by atoms with Gasteiger partial charge in [0.1, 0.15) is 5.78 Å². The van der Waals surface area contributed by atoms with Gasteiger partial charge >= 0.3 is 0 Å². The number of likely N-dealkylation sites (tertiary alicyclic amines) is 1. The van der Waals surface area contributed by atoms with E-state index in [2.05, 4.69) is 15.3 Å². The van der Waals surface area contributed by atoms with Crippen LogP contribution in [0.3, 0.4) is 0 Å². The van der Waals surface area contributed by atoms with E-state index in [9.17, 15) is 4.79 Å². The number of hydrogen-bond acceptors (Lipinski definition) is 4. The van der Waals surface area contributed by atoms with Crippen molar-refractivity contribution in [2.45, 2.75) is 32.7 Å². The lowest BCUT2D eigenvalue weighted by molar-refractivity contribution is -0.124. The number of carbonyl (C=O) groups excluding carboxylic acids is 1. The second-order valence-electron chi connectivity index (χ2n) is 6.06. The van der Waals surface area contributed by atoms with Gasteiger partial charge in [-0.2, -0.15) is 0 Å². The van der Waals surface area contributed by atoms with Crippen molar-refractivity contribution < 1.29 is 4.79 Å². The van der Waals surface area contributed by atoms with Crippen molar-refractivity contribution in [1.29, 1.82) is 0 Å². The molecule has 2 aromatic rings. The number of nitrogens with zero attached hydrogens (tertiary/aromatic N) is 2. The SMILES string of the molecule is Cc1nc(CN2CCCC(C(=O)Cc3ccccc3)C2)cs1. The molecule has 0 spiro atoms. The van der Waals surface area contributed by atoms with E-state index < -0.39 is 0 Å². The highest BCUT2D eigenvalue weighted by Gasteiger charge is 2.25. The minimum atomic E-state index is 0.175. The van der Waals surface area contributed by atoms with Crippen LogP contribution in [-0.4, -0.2) is 28.8 Å². The number of aryl methyl sites for hydroxylation is 1. The predicted octanol–water partition coefficient (Wildman–Crippen LogP) is 3.48. The molecule has 116 valence electrons. The van der Waals surface area contributed by atoms with Crippen molar-refractivity contribution in [3.05, 3.63) is 52.0 Å². The third-order valence-corrected chi connectivity index (χ3v) is 5.06. The summed E-state index contributed by atoms with van der Waals surface area (Å²) < 4.78 is 0. The number of thiazole rings is 1.